The maximum atomic E-state index is 6.26. The van der Waals surface area contributed by atoms with Gasteiger partial charge < -0.3 is 4.90 Å². The summed E-state index contributed by atoms with van der Waals surface area (Å²) >= 11 is 9.84. The summed E-state index contributed by atoms with van der Waals surface area (Å²) in [6.45, 7) is 0.936. The maximum Gasteiger partial charge on any atom is 0.257 e. The lowest BCUT2D eigenvalue weighted by Gasteiger charge is -2.25. The van der Waals surface area contributed by atoms with E-state index >= 15 is 0 Å². The van der Waals surface area contributed by atoms with Crippen LogP contribution in [-0.2, 0) is 0 Å². The molecule has 5 nitrogen and oxygen atoms in total. The van der Waals surface area contributed by atoms with E-state index in [1.165, 1.54) is 12.8 Å². The first-order valence-electron chi connectivity index (χ1n) is 8.51. The van der Waals surface area contributed by atoms with Crippen molar-refractivity contribution in [2.24, 2.45) is 5.92 Å². The average Bonchev–Trinajstić information content (AvgIpc) is 3.33. The van der Waals surface area contributed by atoms with Gasteiger partial charge in [0, 0.05) is 27.1 Å². The molecule has 0 radical (unpaired) electrons. The summed E-state index contributed by atoms with van der Waals surface area (Å²) < 4.78 is 2.92. The van der Waals surface area contributed by atoms with E-state index in [1.807, 2.05) is 34.7 Å². The molecule has 130 valence electrons. The van der Waals surface area contributed by atoms with Gasteiger partial charge in [-0.25, -0.2) is 0 Å². The molecule has 0 bridgehead atoms. The zero-order valence-corrected chi connectivity index (χ0v) is 16.2. The topological polar surface area (TPSA) is 46.3 Å². The molecule has 7 heteroatoms. The minimum atomic E-state index is 0.575. The van der Waals surface area contributed by atoms with Crippen LogP contribution < -0.4 is 4.90 Å². The highest BCUT2D eigenvalue weighted by Gasteiger charge is 2.27. The van der Waals surface area contributed by atoms with Crippen LogP contribution >= 0.6 is 27.5 Å². The number of anilines is 2. The van der Waals surface area contributed by atoms with Gasteiger partial charge in [-0.2, -0.15) is 4.98 Å². The average molecular weight is 429 g/mol. The monoisotopic (exact) mass is 427 g/mol. The van der Waals surface area contributed by atoms with Crippen LogP contribution in [-0.4, -0.2) is 26.1 Å². The number of hydrogen-bond donors (Lipinski definition) is 0. The molecule has 2 heterocycles. The molecular weight excluding hydrogens is 414 g/mol. The highest BCUT2D eigenvalue weighted by molar-refractivity contribution is 9.10. The Balaban J connectivity index is 1.77. The predicted molar refractivity (Wildman–Crippen MR) is 107 cm³/mol. The van der Waals surface area contributed by atoms with Crippen LogP contribution in [0.2, 0.25) is 5.02 Å². The molecule has 1 saturated carbocycles. The van der Waals surface area contributed by atoms with Crippen molar-refractivity contribution in [1.82, 2.24) is 19.6 Å². The fourth-order valence-electron chi connectivity index (χ4n) is 3.25. The van der Waals surface area contributed by atoms with Crippen molar-refractivity contribution in [3.05, 3.63) is 58.3 Å². The molecule has 1 aliphatic carbocycles. The molecule has 2 aromatic heterocycles. The van der Waals surface area contributed by atoms with Crippen molar-refractivity contribution < 1.29 is 0 Å². The van der Waals surface area contributed by atoms with Gasteiger partial charge in [-0.1, -0.05) is 33.6 Å². The number of hydrogen-bond acceptors (Lipinski definition) is 4. The quantitative estimate of drug-likeness (QED) is 0.446. The number of aromatic nitrogens is 4. The van der Waals surface area contributed by atoms with E-state index in [1.54, 1.807) is 6.33 Å². The third-order valence-electron chi connectivity index (χ3n) is 4.71. The third-order valence-corrected chi connectivity index (χ3v) is 5.44. The number of rotatable bonds is 4. The first kappa shape index (κ1) is 16.0. The van der Waals surface area contributed by atoms with E-state index in [9.17, 15) is 0 Å². The van der Waals surface area contributed by atoms with E-state index in [2.05, 4.69) is 43.2 Å². The van der Waals surface area contributed by atoms with Gasteiger partial charge in [0.1, 0.15) is 12.1 Å². The fourth-order valence-corrected chi connectivity index (χ4v) is 3.80. The molecule has 1 fully saturated rings. The van der Waals surface area contributed by atoms with Crippen molar-refractivity contribution in [3.63, 3.8) is 0 Å². The molecule has 0 aliphatic heterocycles. The second-order valence-electron chi connectivity index (χ2n) is 6.63. The van der Waals surface area contributed by atoms with Crippen LogP contribution in [0.5, 0.6) is 0 Å². The smallest absolute Gasteiger partial charge is 0.257 e. The minimum Gasteiger partial charge on any atom is -0.325 e. The van der Waals surface area contributed by atoms with Gasteiger partial charge in [-0.15, -0.1) is 10.2 Å². The molecule has 0 unspecified atom stereocenters. The fraction of sp³-hybridized carbons (Fsp3) is 0.211. The Morgan fingerprint density at radius 1 is 1.19 bits per heavy atom. The van der Waals surface area contributed by atoms with E-state index in [-0.39, 0.29) is 0 Å². The zero-order chi connectivity index (χ0) is 17.7. The van der Waals surface area contributed by atoms with Crippen LogP contribution in [0.1, 0.15) is 12.8 Å². The van der Waals surface area contributed by atoms with E-state index < -0.39 is 0 Å². The number of benzene rings is 2. The van der Waals surface area contributed by atoms with Crippen molar-refractivity contribution in [1.29, 1.82) is 0 Å². The Morgan fingerprint density at radius 3 is 2.88 bits per heavy atom. The molecule has 0 amide bonds. The normalized spacial score (nSPS) is 14.2. The highest BCUT2D eigenvalue weighted by atomic mass is 79.9. The molecule has 0 spiro atoms. The van der Waals surface area contributed by atoms with Gasteiger partial charge in [0.05, 0.1) is 5.52 Å². The number of halogens is 2. The summed E-state index contributed by atoms with van der Waals surface area (Å²) in [4.78, 5) is 7.12. The molecular formula is C19H15BrClN5. The van der Waals surface area contributed by atoms with Crippen molar-refractivity contribution >= 4 is 55.7 Å². The minimum absolute atomic E-state index is 0.575. The summed E-state index contributed by atoms with van der Waals surface area (Å²) in [5.74, 6) is 2.17. The van der Waals surface area contributed by atoms with Crippen molar-refractivity contribution in [2.75, 3.05) is 11.4 Å². The summed E-state index contributed by atoms with van der Waals surface area (Å²) in [5, 5.41) is 9.90. The summed E-state index contributed by atoms with van der Waals surface area (Å²) in [6, 6.07) is 14.2. The number of nitrogens with zero attached hydrogens (tertiary/aromatic N) is 5. The first-order chi connectivity index (χ1) is 12.7. The van der Waals surface area contributed by atoms with Gasteiger partial charge in [-0.05, 0) is 55.2 Å². The molecule has 0 atom stereocenters. The van der Waals surface area contributed by atoms with Gasteiger partial charge in [0.25, 0.3) is 5.78 Å². The lowest BCUT2D eigenvalue weighted by molar-refractivity contribution is 0.806. The number of fused-ring (bicyclic) bond motifs is 3. The van der Waals surface area contributed by atoms with E-state index in [0.717, 1.165) is 33.4 Å². The molecule has 2 aromatic carbocycles. The van der Waals surface area contributed by atoms with Crippen molar-refractivity contribution in [3.8, 4) is 0 Å². The van der Waals surface area contributed by atoms with Crippen LogP contribution in [0.4, 0.5) is 11.5 Å². The lowest BCUT2D eigenvalue weighted by Crippen LogP contribution is -2.22. The SMILES string of the molecule is Clc1ccc2c(N(CC3CC3)c3cccc(Br)c3)nc3nncn3c2c1. The third kappa shape index (κ3) is 2.83. The van der Waals surface area contributed by atoms with E-state index in [0.29, 0.717) is 16.7 Å². The Hall–Kier alpha value is -2.18. The zero-order valence-electron chi connectivity index (χ0n) is 13.8. The molecule has 0 N–H and O–H groups in total. The summed E-state index contributed by atoms with van der Waals surface area (Å²) in [5.41, 5.74) is 2.07. The van der Waals surface area contributed by atoms with Gasteiger partial charge >= 0.3 is 0 Å². The van der Waals surface area contributed by atoms with Gasteiger partial charge in [0.15, 0.2) is 0 Å². The summed E-state index contributed by atoms with van der Waals surface area (Å²) in [6.07, 6.45) is 4.21. The Kier molecular flexibility index (Phi) is 3.83. The Labute approximate surface area is 163 Å². The predicted octanol–water partition coefficient (Wildman–Crippen LogP) is 5.24. The molecule has 1 aliphatic rings. The van der Waals surface area contributed by atoms with Crippen LogP contribution in [0.25, 0.3) is 16.7 Å². The first-order valence-corrected chi connectivity index (χ1v) is 9.68. The maximum absolute atomic E-state index is 6.26. The van der Waals surface area contributed by atoms with Crippen LogP contribution in [0.3, 0.4) is 0 Å². The Bertz CT molecular complexity index is 1120. The van der Waals surface area contributed by atoms with Crippen LogP contribution in [0.15, 0.2) is 53.3 Å². The molecule has 0 saturated heterocycles. The highest BCUT2D eigenvalue weighted by Crippen LogP contribution is 2.38. The standard InChI is InChI=1S/C19H15BrClN5/c20-13-2-1-3-15(8-13)25(10-12-4-5-12)18-16-7-6-14(21)9-17(16)26-11-22-24-19(26)23-18/h1-3,6-9,11-12H,4-5,10H2. The molecule has 5 rings (SSSR count). The summed E-state index contributed by atoms with van der Waals surface area (Å²) in [7, 11) is 0. The molecule has 4 aromatic rings. The molecule has 26 heavy (non-hydrogen) atoms. The van der Waals surface area contributed by atoms with E-state index in [4.69, 9.17) is 16.6 Å². The van der Waals surface area contributed by atoms with Crippen molar-refractivity contribution in [2.45, 2.75) is 12.8 Å². The second kappa shape index (κ2) is 6.21. The van der Waals surface area contributed by atoms with Crippen LogP contribution in [0, 0.1) is 5.92 Å². The van der Waals surface area contributed by atoms with Gasteiger partial charge in [0.2, 0.25) is 0 Å². The Morgan fingerprint density at radius 2 is 2.08 bits per heavy atom. The van der Waals surface area contributed by atoms with Gasteiger partial charge in [-0.3, -0.25) is 4.40 Å². The second-order valence-corrected chi connectivity index (χ2v) is 7.98. The largest absolute Gasteiger partial charge is 0.325 e. The lowest BCUT2D eigenvalue weighted by atomic mass is 10.2.